The predicted octanol–water partition coefficient (Wildman–Crippen LogP) is 3.23. The van der Waals surface area contributed by atoms with Gasteiger partial charge in [0.25, 0.3) is 0 Å². The molecule has 1 atom stereocenters. The van der Waals surface area contributed by atoms with E-state index in [1.807, 2.05) is 24.1 Å². The summed E-state index contributed by atoms with van der Waals surface area (Å²) in [5, 5.41) is 7.65. The molecule has 0 saturated carbocycles. The third-order valence-corrected chi connectivity index (χ3v) is 5.55. The number of nitrogens with one attached hydrogen (secondary N) is 1. The molecule has 1 aromatic rings. The first-order valence-corrected chi connectivity index (χ1v) is 8.54. The monoisotopic (exact) mass is 306 g/mol. The third-order valence-electron chi connectivity index (χ3n) is 4.36. The number of anilines is 2. The van der Waals surface area contributed by atoms with Crippen LogP contribution >= 0.6 is 11.9 Å². The molecule has 1 unspecified atom stereocenters. The molecule has 0 aromatic heterocycles. The minimum absolute atomic E-state index is 0.156. The zero-order chi connectivity index (χ0) is 15.5. The molecule has 4 nitrogen and oxygen atoms in total. The van der Waals surface area contributed by atoms with Gasteiger partial charge < -0.3 is 16.0 Å². The molecule has 2 rings (SSSR count). The van der Waals surface area contributed by atoms with Gasteiger partial charge in [0, 0.05) is 54.1 Å². The number of nitrogen functional groups attached to an aromatic ring is 1. The molecule has 1 heterocycles. The highest BCUT2D eigenvalue weighted by molar-refractivity contribution is 7.97. The molecule has 0 amide bonds. The van der Waals surface area contributed by atoms with E-state index in [2.05, 4.69) is 36.0 Å². The van der Waals surface area contributed by atoms with Crippen LogP contribution in [0.4, 0.5) is 11.4 Å². The van der Waals surface area contributed by atoms with Crippen LogP contribution in [0.25, 0.3) is 0 Å². The molecule has 1 saturated heterocycles. The van der Waals surface area contributed by atoms with Crippen molar-refractivity contribution >= 4 is 29.5 Å². The first-order valence-electron chi connectivity index (χ1n) is 7.60. The van der Waals surface area contributed by atoms with Gasteiger partial charge in [-0.2, -0.15) is 0 Å². The fraction of sp³-hybridized carbons (Fsp3) is 0.562. The van der Waals surface area contributed by atoms with Crippen LogP contribution in [-0.2, 0) is 0 Å². The van der Waals surface area contributed by atoms with Gasteiger partial charge in [-0.3, -0.25) is 0 Å². The topological polar surface area (TPSA) is 56.4 Å². The van der Waals surface area contributed by atoms with Gasteiger partial charge in [0.2, 0.25) is 0 Å². The van der Waals surface area contributed by atoms with E-state index < -0.39 is 0 Å². The lowest BCUT2D eigenvalue weighted by Gasteiger charge is -2.49. The molecule has 5 heteroatoms. The summed E-state index contributed by atoms with van der Waals surface area (Å²) in [6.45, 7) is 9.78. The average Bonchev–Trinajstić information content (AvgIpc) is 2.49. The molecule has 0 radical (unpaired) electrons. The molecule has 0 bridgehead atoms. The Morgan fingerprint density at radius 1 is 1.38 bits per heavy atom. The Bertz CT molecular complexity index is 505. The number of nitrogens with two attached hydrogens (primary N) is 1. The minimum Gasteiger partial charge on any atom is -0.398 e. The van der Waals surface area contributed by atoms with E-state index in [1.165, 1.54) is 6.21 Å². The summed E-state index contributed by atoms with van der Waals surface area (Å²) < 4.78 is 2.53. The van der Waals surface area contributed by atoms with E-state index in [9.17, 15) is 0 Å². The van der Waals surface area contributed by atoms with E-state index in [1.54, 1.807) is 0 Å². The Hall–Kier alpha value is -1.20. The number of rotatable bonds is 5. The fourth-order valence-corrected chi connectivity index (χ4v) is 3.94. The quantitative estimate of drug-likeness (QED) is 0.498. The molecule has 0 aliphatic carbocycles. The van der Waals surface area contributed by atoms with Crippen molar-refractivity contribution < 1.29 is 0 Å². The van der Waals surface area contributed by atoms with Crippen LogP contribution < -0.4 is 10.6 Å². The van der Waals surface area contributed by atoms with Gasteiger partial charge in [-0.25, -0.2) is 4.31 Å². The van der Waals surface area contributed by atoms with Crippen molar-refractivity contribution in [3.8, 4) is 0 Å². The lowest BCUT2D eigenvalue weighted by Crippen LogP contribution is -2.58. The summed E-state index contributed by atoms with van der Waals surface area (Å²) in [5.74, 6) is 1.11. The number of hydrogen-bond donors (Lipinski definition) is 2. The number of nitrogens with zero attached hydrogens (tertiary/aromatic N) is 2. The van der Waals surface area contributed by atoms with Crippen molar-refractivity contribution in [3.63, 3.8) is 0 Å². The standard InChI is InChI=1S/C16H26N4S/c1-4-16(3)12-19(9-10-20(16)21-5-2)15-8-6-7-14(18)13(15)11-17/h6-8,11,17H,4-5,9-10,12,18H2,1-3H3. The van der Waals surface area contributed by atoms with Crippen molar-refractivity contribution in [3.05, 3.63) is 23.8 Å². The van der Waals surface area contributed by atoms with Gasteiger partial charge in [-0.1, -0.05) is 31.9 Å². The summed E-state index contributed by atoms with van der Waals surface area (Å²) in [4.78, 5) is 2.38. The van der Waals surface area contributed by atoms with E-state index >= 15 is 0 Å². The zero-order valence-electron chi connectivity index (χ0n) is 13.2. The van der Waals surface area contributed by atoms with E-state index in [4.69, 9.17) is 11.1 Å². The van der Waals surface area contributed by atoms with Gasteiger partial charge in [0.15, 0.2) is 0 Å². The maximum Gasteiger partial charge on any atom is 0.0477 e. The largest absolute Gasteiger partial charge is 0.398 e. The Kier molecular flexibility index (Phi) is 5.17. The first-order chi connectivity index (χ1) is 10.1. The van der Waals surface area contributed by atoms with E-state index in [-0.39, 0.29) is 5.54 Å². The van der Waals surface area contributed by atoms with Gasteiger partial charge in [-0.15, -0.1) is 0 Å². The molecular formula is C16H26N4S. The van der Waals surface area contributed by atoms with E-state index in [0.717, 1.165) is 43.1 Å². The molecule has 3 N–H and O–H groups in total. The van der Waals surface area contributed by atoms with Gasteiger partial charge in [-0.05, 0) is 25.5 Å². The van der Waals surface area contributed by atoms with Gasteiger partial charge in [0.1, 0.15) is 0 Å². The van der Waals surface area contributed by atoms with Crippen molar-refractivity contribution in [2.24, 2.45) is 0 Å². The maximum atomic E-state index is 7.65. The number of piperazine rings is 1. The first kappa shape index (κ1) is 16.2. The molecule has 1 aromatic carbocycles. The third kappa shape index (κ3) is 3.19. The Morgan fingerprint density at radius 3 is 2.76 bits per heavy atom. The van der Waals surface area contributed by atoms with Crippen LogP contribution in [0, 0.1) is 5.41 Å². The van der Waals surface area contributed by atoms with Crippen molar-refractivity contribution in [2.45, 2.75) is 32.7 Å². The molecule has 1 aliphatic heterocycles. The average molecular weight is 306 g/mol. The van der Waals surface area contributed by atoms with Gasteiger partial charge >= 0.3 is 0 Å². The minimum atomic E-state index is 0.156. The van der Waals surface area contributed by atoms with Crippen LogP contribution in [0.1, 0.15) is 32.8 Å². The maximum absolute atomic E-state index is 7.65. The molecule has 21 heavy (non-hydrogen) atoms. The highest BCUT2D eigenvalue weighted by Crippen LogP contribution is 2.34. The van der Waals surface area contributed by atoms with Crippen molar-refractivity contribution in [2.75, 3.05) is 36.0 Å². The van der Waals surface area contributed by atoms with Crippen LogP contribution in [-0.4, -0.2) is 41.4 Å². The summed E-state index contributed by atoms with van der Waals surface area (Å²) in [6.07, 6.45) is 2.49. The molecular weight excluding hydrogens is 280 g/mol. The van der Waals surface area contributed by atoms with E-state index in [0.29, 0.717) is 5.69 Å². The highest BCUT2D eigenvalue weighted by atomic mass is 32.2. The fourth-order valence-electron chi connectivity index (χ4n) is 2.92. The predicted molar refractivity (Wildman–Crippen MR) is 94.5 cm³/mol. The normalized spacial score (nSPS) is 23.3. The van der Waals surface area contributed by atoms with Crippen LogP contribution in [0.2, 0.25) is 0 Å². The molecule has 1 fully saturated rings. The lowest BCUT2D eigenvalue weighted by atomic mass is 9.95. The smallest absolute Gasteiger partial charge is 0.0477 e. The highest BCUT2D eigenvalue weighted by Gasteiger charge is 2.37. The van der Waals surface area contributed by atoms with Crippen LogP contribution in [0.15, 0.2) is 18.2 Å². The number of benzene rings is 1. The molecule has 0 spiro atoms. The zero-order valence-corrected chi connectivity index (χ0v) is 14.0. The lowest BCUT2D eigenvalue weighted by molar-refractivity contribution is 0.195. The van der Waals surface area contributed by atoms with Crippen LogP contribution in [0.3, 0.4) is 0 Å². The second-order valence-electron chi connectivity index (χ2n) is 5.72. The summed E-state index contributed by atoms with van der Waals surface area (Å²) in [6, 6.07) is 5.93. The summed E-state index contributed by atoms with van der Waals surface area (Å²) in [7, 11) is 0. The van der Waals surface area contributed by atoms with Crippen molar-refractivity contribution in [1.29, 1.82) is 5.41 Å². The summed E-state index contributed by atoms with van der Waals surface area (Å²) >= 11 is 1.93. The molecule has 1 aliphatic rings. The second-order valence-corrected chi connectivity index (χ2v) is 6.99. The van der Waals surface area contributed by atoms with Gasteiger partial charge in [0.05, 0.1) is 0 Å². The van der Waals surface area contributed by atoms with Crippen LogP contribution in [0.5, 0.6) is 0 Å². The molecule has 116 valence electrons. The SMILES string of the molecule is CCSN1CCN(c2cccc(N)c2C=N)CC1(C)CC. The Balaban J connectivity index is 2.28. The van der Waals surface area contributed by atoms with Crippen molar-refractivity contribution in [1.82, 2.24) is 4.31 Å². The number of hydrogen-bond acceptors (Lipinski definition) is 5. The Labute approximate surface area is 132 Å². The Morgan fingerprint density at radius 2 is 2.14 bits per heavy atom. The summed E-state index contributed by atoms with van der Waals surface area (Å²) in [5.41, 5.74) is 8.79. The second kappa shape index (κ2) is 6.71.